The molecule has 0 aliphatic carbocycles. The van der Waals surface area contributed by atoms with Gasteiger partial charge >= 0.3 is 0 Å². The Balaban J connectivity index is 1.32. The average Bonchev–Trinajstić information content (AvgIpc) is 3.17. The number of nitrogens with zero attached hydrogens (tertiary/aromatic N) is 2. The molecule has 28 heavy (non-hydrogen) atoms. The molecule has 2 aromatic carbocycles. The number of piperazine rings is 1. The van der Waals surface area contributed by atoms with Gasteiger partial charge in [-0.3, -0.25) is 9.69 Å². The zero-order valence-electron chi connectivity index (χ0n) is 15.9. The first-order valence-corrected chi connectivity index (χ1v) is 9.80. The molecule has 2 aliphatic heterocycles. The predicted octanol–water partition coefficient (Wildman–Crippen LogP) is 3.82. The summed E-state index contributed by atoms with van der Waals surface area (Å²) in [4.78, 5) is 17.0. The first-order valence-electron chi connectivity index (χ1n) is 9.42. The summed E-state index contributed by atoms with van der Waals surface area (Å²) in [5.41, 5.74) is 2.92. The Morgan fingerprint density at radius 1 is 1.04 bits per heavy atom. The van der Waals surface area contributed by atoms with Crippen LogP contribution in [0.15, 0.2) is 48.0 Å². The fourth-order valence-electron chi connectivity index (χ4n) is 3.53. The summed E-state index contributed by atoms with van der Waals surface area (Å²) in [6, 6.07) is 13.6. The third kappa shape index (κ3) is 4.32. The fraction of sp³-hybridized carbons (Fsp3) is 0.318. The van der Waals surface area contributed by atoms with Gasteiger partial charge in [0.1, 0.15) is 0 Å². The van der Waals surface area contributed by atoms with Crippen molar-refractivity contribution in [3.05, 3.63) is 64.2 Å². The third-order valence-electron chi connectivity index (χ3n) is 5.09. The van der Waals surface area contributed by atoms with E-state index in [0.29, 0.717) is 11.8 Å². The third-order valence-corrected chi connectivity index (χ3v) is 5.35. The molecule has 6 heteroatoms. The molecule has 1 fully saturated rings. The summed E-state index contributed by atoms with van der Waals surface area (Å²) in [7, 11) is 0. The number of ether oxygens (including phenoxy) is 2. The number of amides is 1. The molecular weight excluding hydrogens is 376 g/mol. The lowest BCUT2D eigenvalue weighted by atomic mass is 10.1. The highest BCUT2D eigenvalue weighted by molar-refractivity contribution is 6.30. The Hall–Kier alpha value is -2.50. The van der Waals surface area contributed by atoms with Crippen molar-refractivity contribution in [2.45, 2.75) is 13.5 Å². The number of hydrogen-bond donors (Lipinski definition) is 0. The van der Waals surface area contributed by atoms with Crippen LogP contribution >= 0.6 is 11.6 Å². The molecule has 2 heterocycles. The number of rotatable bonds is 4. The summed E-state index contributed by atoms with van der Waals surface area (Å²) in [6.45, 7) is 6.18. The zero-order chi connectivity index (χ0) is 19.5. The smallest absolute Gasteiger partial charge is 0.249 e. The van der Waals surface area contributed by atoms with Gasteiger partial charge in [0, 0.05) is 43.3 Å². The van der Waals surface area contributed by atoms with Crippen LogP contribution in [0.1, 0.15) is 18.1 Å². The van der Waals surface area contributed by atoms with Crippen LogP contribution in [0.2, 0.25) is 5.02 Å². The molecule has 0 N–H and O–H groups in total. The number of hydrogen-bond acceptors (Lipinski definition) is 4. The van der Waals surface area contributed by atoms with E-state index in [2.05, 4.69) is 11.0 Å². The molecule has 0 bridgehead atoms. The lowest BCUT2D eigenvalue weighted by Crippen LogP contribution is -2.48. The van der Waals surface area contributed by atoms with Crippen LogP contribution in [0, 0.1) is 0 Å². The second kappa shape index (κ2) is 8.25. The second-order valence-corrected chi connectivity index (χ2v) is 7.57. The quantitative estimate of drug-likeness (QED) is 0.734. The second-order valence-electron chi connectivity index (χ2n) is 7.13. The SMILES string of the molecule is C/C(=C\c1ccc(Cl)cc1)C(=O)N1CCN(Cc2ccc3c(c2)OCO3)CC1. The number of carbonyl (C=O) groups is 1. The van der Waals surface area contributed by atoms with E-state index in [1.54, 1.807) is 0 Å². The van der Waals surface area contributed by atoms with Crippen LogP contribution in [0.4, 0.5) is 0 Å². The zero-order valence-corrected chi connectivity index (χ0v) is 16.6. The highest BCUT2D eigenvalue weighted by Gasteiger charge is 2.22. The molecule has 2 aliphatic rings. The minimum absolute atomic E-state index is 0.0951. The minimum Gasteiger partial charge on any atom is -0.454 e. The molecule has 2 aromatic rings. The molecular formula is C22H23ClN2O3. The monoisotopic (exact) mass is 398 g/mol. The van der Waals surface area contributed by atoms with E-state index in [4.69, 9.17) is 21.1 Å². The lowest BCUT2D eigenvalue weighted by molar-refractivity contribution is -0.128. The van der Waals surface area contributed by atoms with Crippen molar-refractivity contribution in [3.63, 3.8) is 0 Å². The van der Waals surface area contributed by atoms with Gasteiger partial charge in [0.15, 0.2) is 11.5 Å². The van der Waals surface area contributed by atoms with Crippen molar-refractivity contribution in [1.29, 1.82) is 0 Å². The van der Waals surface area contributed by atoms with E-state index in [9.17, 15) is 4.79 Å². The first-order chi connectivity index (χ1) is 13.6. The topological polar surface area (TPSA) is 42.0 Å². The van der Waals surface area contributed by atoms with E-state index in [-0.39, 0.29) is 5.91 Å². The molecule has 5 nitrogen and oxygen atoms in total. The standard InChI is InChI=1S/C22H23ClN2O3/c1-16(12-17-2-5-19(23)6-3-17)22(26)25-10-8-24(9-11-25)14-18-4-7-20-21(13-18)28-15-27-20/h2-7,12-13H,8-11,14-15H2,1H3/b16-12+. The van der Waals surface area contributed by atoms with Crippen molar-refractivity contribution >= 4 is 23.6 Å². The van der Waals surface area contributed by atoms with Crippen LogP contribution < -0.4 is 9.47 Å². The van der Waals surface area contributed by atoms with Crippen molar-refractivity contribution in [1.82, 2.24) is 9.80 Å². The maximum Gasteiger partial charge on any atom is 0.249 e. The normalized spacial score (nSPS) is 17.1. The van der Waals surface area contributed by atoms with Crippen molar-refractivity contribution in [3.8, 4) is 11.5 Å². The van der Waals surface area contributed by atoms with Crippen LogP contribution in [0.3, 0.4) is 0 Å². The van der Waals surface area contributed by atoms with Gasteiger partial charge in [-0.2, -0.15) is 0 Å². The molecule has 0 spiro atoms. The van der Waals surface area contributed by atoms with E-state index < -0.39 is 0 Å². The number of benzene rings is 2. The Kier molecular flexibility index (Phi) is 5.55. The molecule has 0 aromatic heterocycles. The Labute approximate surface area is 170 Å². The van der Waals surface area contributed by atoms with Crippen molar-refractivity contribution in [2.75, 3.05) is 33.0 Å². The molecule has 0 radical (unpaired) electrons. The highest BCUT2D eigenvalue weighted by atomic mass is 35.5. The molecule has 0 saturated carbocycles. The van der Waals surface area contributed by atoms with Crippen LogP contribution in [0.25, 0.3) is 6.08 Å². The van der Waals surface area contributed by atoms with Crippen LogP contribution in [0.5, 0.6) is 11.5 Å². The van der Waals surface area contributed by atoms with Crippen molar-refractivity contribution in [2.24, 2.45) is 0 Å². The van der Waals surface area contributed by atoms with Gasteiger partial charge in [0.25, 0.3) is 0 Å². The number of carbonyl (C=O) groups excluding carboxylic acids is 1. The molecule has 0 atom stereocenters. The summed E-state index contributed by atoms with van der Waals surface area (Å²) < 4.78 is 10.8. The largest absolute Gasteiger partial charge is 0.454 e. The first kappa shape index (κ1) is 18.8. The van der Waals surface area contributed by atoms with E-state index in [0.717, 1.165) is 55.4 Å². The highest BCUT2D eigenvalue weighted by Crippen LogP contribution is 2.32. The van der Waals surface area contributed by atoms with Crippen molar-refractivity contribution < 1.29 is 14.3 Å². The lowest BCUT2D eigenvalue weighted by Gasteiger charge is -2.35. The Bertz CT molecular complexity index is 887. The van der Waals surface area contributed by atoms with E-state index >= 15 is 0 Å². The molecule has 0 unspecified atom stereocenters. The van der Waals surface area contributed by atoms with Crippen LogP contribution in [-0.4, -0.2) is 48.7 Å². The minimum atomic E-state index is 0.0951. The molecule has 1 saturated heterocycles. The van der Waals surface area contributed by atoms with Gasteiger partial charge in [-0.15, -0.1) is 0 Å². The number of halogens is 1. The van der Waals surface area contributed by atoms with Gasteiger partial charge in [-0.05, 0) is 48.4 Å². The predicted molar refractivity (Wildman–Crippen MR) is 110 cm³/mol. The van der Waals surface area contributed by atoms with Gasteiger partial charge in [0.05, 0.1) is 0 Å². The molecule has 4 rings (SSSR count). The maximum atomic E-state index is 12.7. The van der Waals surface area contributed by atoms with E-state index in [1.807, 2.05) is 54.3 Å². The molecule has 146 valence electrons. The maximum absolute atomic E-state index is 12.7. The summed E-state index contributed by atoms with van der Waals surface area (Å²) >= 11 is 5.92. The summed E-state index contributed by atoms with van der Waals surface area (Å²) in [5.74, 6) is 1.72. The number of fused-ring (bicyclic) bond motifs is 1. The van der Waals surface area contributed by atoms with E-state index in [1.165, 1.54) is 5.56 Å². The fourth-order valence-corrected chi connectivity index (χ4v) is 3.65. The summed E-state index contributed by atoms with van der Waals surface area (Å²) in [6.07, 6.45) is 1.91. The Morgan fingerprint density at radius 3 is 2.50 bits per heavy atom. The van der Waals surface area contributed by atoms with Crippen LogP contribution in [-0.2, 0) is 11.3 Å². The van der Waals surface area contributed by atoms with Gasteiger partial charge in [-0.1, -0.05) is 29.8 Å². The Morgan fingerprint density at radius 2 is 1.75 bits per heavy atom. The van der Waals surface area contributed by atoms with Gasteiger partial charge in [0.2, 0.25) is 12.7 Å². The average molecular weight is 399 g/mol. The van der Waals surface area contributed by atoms with Gasteiger partial charge in [-0.25, -0.2) is 0 Å². The summed E-state index contributed by atoms with van der Waals surface area (Å²) in [5, 5.41) is 0.694. The molecule has 1 amide bonds. The van der Waals surface area contributed by atoms with Gasteiger partial charge < -0.3 is 14.4 Å².